The number of hydrogen-bond donors (Lipinski definition) is 4. The molecular weight excluding hydrogens is 803 g/mol. The number of piperidine rings is 2. The number of alkyl carbamates (subject to hydrolysis) is 2. The summed E-state index contributed by atoms with van der Waals surface area (Å²) in [4.78, 5) is 77.7. The number of rotatable bonds is 10. The maximum absolute atomic E-state index is 14.4. The van der Waals surface area contributed by atoms with Gasteiger partial charge in [-0.3, -0.25) is 9.59 Å². The van der Waals surface area contributed by atoms with Crippen LogP contribution in [0.2, 0.25) is 0 Å². The predicted molar refractivity (Wildman–Crippen MR) is 233 cm³/mol. The summed E-state index contributed by atoms with van der Waals surface area (Å²) in [7, 11) is 2.60. The number of fused-ring (bicyclic) bond motifs is 4. The zero-order valence-electron chi connectivity index (χ0n) is 35.8. The van der Waals surface area contributed by atoms with Gasteiger partial charge < -0.3 is 44.6 Å². The van der Waals surface area contributed by atoms with E-state index in [-0.39, 0.29) is 41.8 Å². The number of aromatic nitrogens is 4. The van der Waals surface area contributed by atoms with E-state index in [0.717, 1.165) is 62.9 Å². The van der Waals surface area contributed by atoms with E-state index in [1.54, 1.807) is 6.20 Å². The van der Waals surface area contributed by atoms with Gasteiger partial charge in [-0.2, -0.15) is 0 Å². The Balaban J connectivity index is 0.872. The normalized spacial score (nSPS) is 25.9. The van der Waals surface area contributed by atoms with E-state index in [0.29, 0.717) is 50.6 Å². The molecule has 2 saturated carbocycles. The lowest BCUT2D eigenvalue weighted by atomic mass is 9.90. The molecule has 4 amide bonds. The molecular formula is C47H52N9O7+. The molecule has 2 aromatic heterocycles. The minimum atomic E-state index is -0.774. The molecule has 4 N–H and O–H groups in total. The number of likely N-dealkylation sites (tertiary alicyclic amines) is 2. The summed E-state index contributed by atoms with van der Waals surface area (Å²) in [5.74, 6) is 1.32. The van der Waals surface area contributed by atoms with Crippen molar-refractivity contribution in [1.29, 1.82) is 0 Å². The zero-order valence-corrected chi connectivity index (χ0v) is 35.8. The lowest BCUT2D eigenvalue weighted by molar-refractivity contribution is -0.138. The third kappa shape index (κ3) is 7.21. The fourth-order valence-electron chi connectivity index (χ4n) is 10.5. The van der Waals surface area contributed by atoms with Gasteiger partial charge in [-0.1, -0.05) is 49.0 Å². The van der Waals surface area contributed by atoms with Crippen molar-refractivity contribution in [3.05, 3.63) is 77.3 Å². The van der Waals surface area contributed by atoms with Crippen molar-refractivity contribution >= 4 is 45.8 Å². The highest BCUT2D eigenvalue weighted by Gasteiger charge is 2.76. The van der Waals surface area contributed by atoms with Gasteiger partial charge in [0.25, 0.3) is 6.57 Å². The van der Waals surface area contributed by atoms with Crippen LogP contribution in [-0.4, -0.2) is 111 Å². The number of nitrogens with one attached hydrogen (secondary N) is 4. The fourth-order valence-corrected chi connectivity index (χ4v) is 10.5. The number of amides is 4. The van der Waals surface area contributed by atoms with E-state index < -0.39 is 35.9 Å². The van der Waals surface area contributed by atoms with Crippen LogP contribution in [0.5, 0.6) is 0 Å². The minimum Gasteiger partial charge on any atom is -0.453 e. The number of H-pyrrole nitrogens is 2. The lowest BCUT2D eigenvalue weighted by Gasteiger charge is -2.34. The molecule has 16 nitrogen and oxygen atoms in total. The van der Waals surface area contributed by atoms with E-state index in [1.165, 1.54) is 14.2 Å². The van der Waals surface area contributed by atoms with Gasteiger partial charge in [-0.25, -0.2) is 19.6 Å². The number of benzene rings is 3. The summed E-state index contributed by atoms with van der Waals surface area (Å²) in [5.41, 5.74) is 5.02. The van der Waals surface area contributed by atoms with Gasteiger partial charge in [0.2, 0.25) is 11.8 Å². The number of ether oxygens (including phenoxy) is 3. The van der Waals surface area contributed by atoms with Crippen molar-refractivity contribution in [2.24, 2.45) is 17.8 Å². The van der Waals surface area contributed by atoms with Crippen LogP contribution in [-0.2, 0) is 23.8 Å². The molecule has 5 fully saturated rings. The van der Waals surface area contributed by atoms with Gasteiger partial charge in [0.15, 0.2) is 0 Å². The number of nitrogens with zero attached hydrogens (tertiary/aromatic N) is 5. The Bertz CT molecular complexity index is 2680. The molecule has 3 aromatic carbocycles. The summed E-state index contributed by atoms with van der Waals surface area (Å²) in [5, 5.41) is 7.69. The van der Waals surface area contributed by atoms with E-state index in [1.807, 2.05) is 29.7 Å². The van der Waals surface area contributed by atoms with Crippen LogP contribution in [0.25, 0.3) is 49.0 Å². The van der Waals surface area contributed by atoms with E-state index in [9.17, 15) is 19.2 Å². The highest BCUT2D eigenvalue weighted by molar-refractivity contribution is 5.92. The first-order valence-corrected chi connectivity index (χ1v) is 21.9. The summed E-state index contributed by atoms with van der Waals surface area (Å²) >= 11 is 0. The highest BCUT2D eigenvalue weighted by atomic mass is 16.5. The molecule has 63 heavy (non-hydrogen) atoms. The lowest BCUT2D eigenvalue weighted by Crippen LogP contribution is -2.54. The fraction of sp³-hybridized carbons (Fsp3) is 0.468. The molecule has 0 radical (unpaired) electrons. The van der Waals surface area contributed by atoms with E-state index in [2.05, 4.69) is 74.0 Å². The second kappa shape index (κ2) is 15.7. The Labute approximate surface area is 364 Å². The molecule has 0 spiro atoms. The van der Waals surface area contributed by atoms with Crippen LogP contribution < -0.4 is 10.6 Å². The summed E-state index contributed by atoms with van der Waals surface area (Å²) < 4.78 is 15.3. The summed E-state index contributed by atoms with van der Waals surface area (Å²) in [6.45, 7) is 10.8. The highest BCUT2D eigenvalue weighted by Crippen LogP contribution is 2.59. The van der Waals surface area contributed by atoms with Crippen molar-refractivity contribution in [1.82, 2.24) is 40.4 Å². The average Bonchev–Trinajstić information content (AvgIpc) is 3.87. The molecule has 3 saturated heterocycles. The maximum Gasteiger partial charge on any atom is 0.407 e. The van der Waals surface area contributed by atoms with Gasteiger partial charge in [-0.15, -0.1) is 0 Å². The Morgan fingerprint density at radius 2 is 1.54 bits per heavy atom. The van der Waals surface area contributed by atoms with Gasteiger partial charge in [0.05, 0.1) is 62.1 Å². The van der Waals surface area contributed by atoms with Gasteiger partial charge in [0.1, 0.15) is 29.8 Å². The molecule has 0 unspecified atom stereocenters. The standard InChI is InChI=1S/C47H51N9O7/c1-24(2)39(53-45(59)61-4)43(57)55-35-19-31(35)20-36(55)42-50-32-11-10-29(18-33(32)51-42)27-6-7-28-17-30(9-8-26(28)16-27)34-23-49-41(52-34)37-21-47(48-3)22-38(47)56(37)44(58)40(54-46(60)62-5)25-12-14-63-15-13-25/h3,6-11,16-18,23-25,31,35-40H,12-15,19-22H2,1-2,4-5H3,(H3-,49,50,51,52,53,54,59,60)/p+1/t31-,35-,36+,37+,38-,39+,40+,47-/m1/s1. The molecule has 5 aromatic rings. The Morgan fingerprint density at radius 1 is 0.841 bits per heavy atom. The Morgan fingerprint density at radius 3 is 2.27 bits per heavy atom. The first-order valence-electron chi connectivity index (χ1n) is 21.9. The number of hydrogen-bond acceptors (Lipinski definition) is 9. The first kappa shape index (κ1) is 40.6. The monoisotopic (exact) mass is 854 g/mol. The zero-order chi connectivity index (χ0) is 43.7. The first-order chi connectivity index (χ1) is 30.5. The van der Waals surface area contributed by atoms with Crippen molar-refractivity contribution < 1.29 is 33.4 Å². The SMILES string of the molecule is C#[N+][C@@]12C[C@@H](c3ncc(-c4ccc5cc(-c6ccc7nc([C@@H]8C[C@H]9C[C@H]9N8C(=O)[C@@H](NC(=O)OC)C(C)C)[nH]c7c6)ccc5c4)[nH]3)N(C(=O)[C@@H](NC(=O)OC)C3CCOCC3)[C@@H]1C2. The van der Waals surface area contributed by atoms with Gasteiger partial charge in [0, 0.05) is 24.8 Å². The molecule has 16 heteroatoms. The van der Waals surface area contributed by atoms with E-state index in [4.69, 9.17) is 30.8 Å². The number of carbonyl (C=O) groups excluding carboxylic acids is 4. The van der Waals surface area contributed by atoms with Crippen molar-refractivity contribution in [2.75, 3.05) is 27.4 Å². The van der Waals surface area contributed by atoms with Crippen LogP contribution >= 0.6 is 0 Å². The maximum atomic E-state index is 14.4. The number of methoxy groups -OCH3 is 2. The number of imidazole rings is 2. The average molecular weight is 855 g/mol. The molecule has 326 valence electrons. The molecule has 5 aliphatic rings. The molecule has 3 aliphatic heterocycles. The molecule has 10 rings (SSSR count). The van der Waals surface area contributed by atoms with Crippen LogP contribution in [0.15, 0.2) is 60.8 Å². The second-order valence-corrected chi connectivity index (χ2v) is 18.2. The number of carbonyl (C=O) groups is 4. The van der Waals surface area contributed by atoms with Gasteiger partial charge in [-0.05, 0) is 89.6 Å². The summed E-state index contributed by atoms with van der Waals surface area (Å²) in [6.07, 6.45) is 4.82. The third-order valence-corrected chi connectivity index (χ3v) is 14.2. The van der Waals surface area contributed by atoms with Crippen molar-refractivity contribution in [2.45, 2.75) is 94.2 Å². The minimum absolute atomic E-state index is 0.0963. The molecule has 0 bridgehead atoms. The van der Waals surface area contributed by atoms with Crippen LogP contribution in [0.3, 0.4) is 0 Å². The van der Waals surface area contributed by atoms with Gasteiger partial charge >= 0.3 is 17.7 Å². The topological polar surface area (TPSA) is 188 Å². The smallest absolute Gasteiger partial charge is 0.407 e. The Hall–Kier alpha value is -6.47. The molecule has 2 aliphatic carbocycles. The Kier molecular flexibility index (Phi) is 10.1. The van der Waals surface area contributed by atoms with Crippen LogP contribution in [0.1, 0.15) is 76.1 Å². The second-order valence-electron chi connectivity index (χ2n) is 18.2. The quantitative estimate of drug-likeness (QED) is 0.118. The van der Waals surface area contributed by atoms with Crippen molar-refractivity contribution in [3.8, 4) is 29.0 Å². The molecule has 5 heterocycles. The van der Waals surface area contributed by atoms with Crippen LogP contribution in [0, 0.1) is 24.3 Å². The largest absolute Gasteiger partial charge is 0.453 e. The summed E-state index contributed by atoms with van der Waals surface area (Å²) in [6, 6.07) is 16.7. The van der Waals surface area contributed by atoms with Crippen LogP contribution in [0.4, 0.5) is 9.59 Å². The molecule has 8 atom stereocenters. The van der Waals surface area contributed by atoms with Crippen molar-refractivity contribution in [3.63, 3.8) is 0 Å². The number of aromatic amines is 2. The van der Waals surface area contributed by atoms with E-state index >= 15 is 0 Å². The predicted octanol–water partition coefficient (Wildman–Crippen LogP) is 6.71. The third-order valence-electron chi connectivity index (χ3n) is 14.2.